The van der Waals surface area contributed by atoms with E-state index in [1.807, 2.05) is 6.92 Å². The summed E-state index contributed by atoms with van der Waals surface area (Å²) >= 11 is 0. The van der Waals surface area contributed by atoms with E-state index in [1.165, 1.54) is 0 Å². The zero-order valence-corrected chi connectivity index (χ0v) is 10.1. The van der Waals surface area contributed by atoms with E-state index < -0.39 is 0 Å². The van der Waals surface area contributed by atoms with Gasteiger partial charge in [0.25, 0.3) is 5.91 Å². The zero-order valence-electron chi connectivity index (χ0n) is 10.1. The minimum atomic E-state index is -0.165. The molecule has 1 atom stereocenters. The molecule has 0 radical (unpaired) electrons. The molecule has 0 saturated heterocycles. The highest BCUT2D eigenvalue weighted by Gasteiger charge is 2.13. The van der Waals surface area contributed by atoms with Crippen molar-refractivity contribution in [2.75, 3.05) is 13.7 Å². The SMILES string of the molecule is COC[C@@H](C)NC(=O)c1cnc(C)nc1C. The predicted octanol–water partition coefficient (Wildman–Crippen LogP) is 0.858. The smallest absolute Gasteiger partial charge is 0.254 e. The number of methoxy groups -OCH3 is 1. The molecule has 1 heterocycles. The Bertz CT molecular complexity index is 379. The molecule has 0 aliphatic rings. The summed E-state index contributed by atoms with van der Waals surface area (Å²) in [6.45, 7) is 5.95. The van der Waals surface area contributed by atoms with E-state index in [0.717, 1.165) is 0 Å². The molecule has 0 saturated carbocycles. The lowest BCUT2D eigenvalue weighted by Gasteiger charge is -2.13. The largest absolute Gasteiger partial charge is 0.383 e. The number of carbonyl (C=O) groups is 1. The van der Waals surface area contributed by atoms with Gasteiger partial charge in [0.1, 0.15) is 5.82 Å². The summed E-state index contributed by atoms with van der Waals surface area (Å²) in [5, 5.41) is 2.81. The third-order valence-corrected chi connectivity index (χ3v) is 2.14. The van der Waals surface area contributed by atoms with Crippen LogP contribution in [0.25, 0.3) is 0 Å². The molecule has 0 aliphatic heterocycles. The van der Waals surface area contributed by atoms with E-state index >= 15 is 0 Å². The van der Waals surface area contributed by atoms with Crippen molar-refractivity contribution < 1.29 is 9.53 Å². The van der Waals surface area contributed by atoms with Gasteiger partial charge in [-0.25, -0.2) is 9.97 Å². The first kappa shape index (κ1) is 12.6. The van der Waals surface area contributed by atoms with E-state index in [0.29, 0.717) is 23.7 Å². The van der Waals surface area contributed by atoms with Crippen LogP contribution in [0.3, 0.4) is 0 Å². The molecule has 0 spiro atoms. The monoisotopic (exact) mass is 223 g/mol. The standard InChI is InChI=1S/C11H17N3O2/c1-7(6-16-4)13-11(15)10-5-12-9(3)14-8(10)2/h5,7H,6H2,1-4H3,(H,13,15)/t7-/m1/s1. The topological polar surface area (TPSA) is 64.1 Å². The van der Waals surface area contributed by atoms with Crippen molar-refractivity contribution in [3.63, 3.8) is 0 Å². The number of amides is 1. The van der Waals surface area contributed by atoms with Crippen LogP contribution in [0.2, 0.25) is 0 Å². The highest BCUT2D eigenvalue weighted by molar-refractivity contribution is 5.95. The molecule has 0 bridgehead atoms. The van der Waals surface area contributed by atoms with Gasteiger partial charge in [0.2, 0.25) is 0 Å². The summed E-state index contributed by atoms with van der Waals surface area (Å²) in [5.74, 6) is 0.501. The van der Waals surface area contributed by atoms with Crippen molar-refractivity contribution in [1.29, 1.82) is 0 Å². The van der Waals surface area contributed by atoms with Crippen molar-refractivity contribution in [2.45, 2.75) is 26.8 Å². The fourth-order valence-corrected chi connectivity index (χ4v) is 1.40. The Balaban J connectivity index is 2.73. The van der Waals surface area contributed by atoms with Gasteiger partial charge in [0, 0.05) is 19.3 Å². The van der Waals surface area contributed by atoms with E-state index in [9.17, 15) is 4.79 Å². The van der Waals surface area contributed by atoms with Gasteiger partial charge in [-0.2, -0.15) is 0 Å². The predicted molar refractivity (Wildman–Crippen MR) is 60.3 cm³/mol. The van der Waals surface area contributed by atoms with Crippen LogP contribution in [0.5, 0.6) is 0 Å². The first-order valence-electron chi connectivity index (χ1n) is 5.14. The lowest BCUT2D eigenvalue weighted by Crippen LogP contribution is -2.36. The summed E-state index contributed by atoms with van der Waals surface area (Å²) in [4.78, 5) is 20.0. The summed E-state index contributed by atoms with van der Waals surface area (Å²) in [6.07, 6.45) is 1.55. The molecule has 5 heteroatoms. The third kappa shape index (κ3) is 3.27. The molecule has 1 aromatic heterocycles. The van der Waals surface area contributed by atoms with Gasteiger partial charge in [0.05, 0.1) is 17.9 Å². The molecule has 1 N–H and O–H groups in total. The van der Waals surface area contributed by atoms with Gasteiger partial charge in [-0.15, -0.1) is 0 Å². The van der Waals surface area contributed by atoms with Crippen molar-refractivity contribution in [3.8, 4) is 0 Å². The molecule has 0 fully saturated rings. The van der Waals surface area contributed by atoms with Crippen molar-refractivity contribution >= 4 is 5.91 Å². The number of ether oxygens (including phenoxy) is 1. The molecule has 16 heavy (non-hydrogen) atoms. The van der Waals surface area contributed by atoms with Crippen LogP contribution in [0.15, 0.2) is 6.20 Å². The molecular formula is C11H17N3O2. The summed E-state index contributed by atoms with van der Waals surface area (Å²) in [6, 6.07) is -0.0294. The number of hydrogen-bond donors (Lipinski definition) is 1. The molecule has 88 valence electrons. The Labute approximate surface area is 95.3 Å². The van der Waals surface area contributed by atoms with E-state index in [-0.39, 0.29) is 11.9 Å². The molecule has 1 aromatic rings. The highest BCUT2D eigenvalue weighted by Crippen LogP contribution is 2.03. The second kappa shape index (κ2) is 5.55. The van der Waals surface area contributed by atoms with E-state index in [1.54, 1.807) is 27.2 Å². The van der Waals surface area contributed by atoms with Gasteiger partial charge in [0.15, 0.2) is 0 Å². The van der Waals surface area contributed by atoms with Crippen LogP contribution >= 0.6 is 0 Å². The first-order valence-corrected chi connectivity index (χ1v) is 5.14. The Hall–Kier alpha value is -1.49. The molecule has 0 aliphatic carbocycles. The van der Waals surface area contributed by atoms with Gasteiger partial charge in [-0.05, 0) is 20.8 Å². The Kier molecular flexibility index (Phi) is 4.37. The Morgan fingerprint density at radius 2 is 2.25 bits per heavy atom. The second-order valence-corrected chi connectivity index (χ2v) is 3.75. The normalized spacial score (nSPS) is 12.2. The first-order chi connectivity index (χ1) is 7.54. The maximum atomic E-state index is 11.8. The van der Waals surface area contributed by atoms with Gasteiger partial charge in [-0.1, -0.05) is 0 Å². The third-order valence-electron chi connectivity index (χ3n) is 2.14. The number of aryl methyl sites for hydroxylation is 2. The van der Waals surface area contributed by atoms with Crippen molar-refractivity contribution in [3.05, 3.63) is 23.3 Å². The fourth-order valence-electron chi connectivity index (χ4n) is 1.40. The Morgan fingerprint density at radius 1 is 1.56 bits per heavy atom. The zero-order chi connectivity index (χ0) is 12.1. The molecule has 1 rings (SSSR count). The molecule has 0 unspecified atom stereocenters. The van der Waals surface area contributed by atoms with E-state index in [4.69, 9.17) is 4.74 Å². The lowest BCUT2D eigenvalue weighted by molar-refractivity contribution is 0.0904. The summed E-state index contributed by atoms with van der Waals surface area (Å²) in [7, 11) is 1.60. The highest BCUT2D eigenvalue weighted by atomic mass is 16.5. The second-order valence-electron chi connectivity index (χ2n) is 3.75. The molecule has 5 nitrogen and oxygen atoms in total. The number of rotatable bonds is 4. The maximum Gasteiger partial charge on any atom is 0.254 e. The van der Waals surface area contributed by atoms with Gasteiger partial charge in [-0.3, -0.25) is 4.79 Å². The van der Waals surface area contributed by atoms with Crippen LogP contribution in [0.1, 0.15) is 28.8 Å². The Morgan fingerprint density at radius 3 is 2.81 bits per heavy atom. The van der Waals surface area contributed by atoms with Crippen LogP contribution in [0.4, 0.5) is 0 Å². The van der Waals surface area contributed by atoms with Crippen molar-refractivity contribution in [1.82, 2.24) is 15.3 Å². The van der Waals surface area contributed by atoms with E-state index in [2.05, 4.69) is 15.3 Å². The minimum absolute atomic E-state index is 0.0294. The van der Waals surface area contributed by atoms with Crippen LogP contribution in [-0.4, -0.2) is 35.6 Å². The number of nitrogens with one attached hydrogen (secondary N) is 1. The van der Waals surface area contributed by atoms with Crippen LogP contribution in [0, 0.1) is 13.8 Å². The summed E-state index contributed by atoms with van der Waals surface area (Å²) < 4.78 is 4.94. The number of aromatic nitrogens is 2. The minimum Gasteiger partial charge on any atom is -0.383 e. The van der Waals surface area contributed by atoms with Crippen LogP contribution < -0.4 is 5.32 Å². The average Bonchev–Trinajstić information content (AvgIpc) is 2.17. The molecular weight excluding hydrogens is 206 g/mol. The number of nitrogens with zero attached hydrogens (tertiary/aromatic N) is 2. The number of hydrogen-bond acceptors (Lipinski definition) is 4. The molecule has 1 amide bonds. The average molecular weight is 223 g/mol. The molecule has 0 aromatic carbocycles. The van der Waals surface area contributed by atoms with Crippen molar-refractivity contribution in [2.24, 2.45) is 0 Å². The number of carbonyl (C=O) groups excluding carboxylic acids is 1. The fraction of sp³-hybridized carbons (Fsp3) is 0.545. The maximum absolute atomic E-state index is 11.8. The summed E-state index contributed by atoms with van der Waals surface area (Å²) in [5.41, 5.74) is 1.20. The van der Waals surface area contributed by atoms with Gasteiger partial charge >= 0.3 is 0 Å². The quantitative estimate of drug-likeness (QED) is 0.822. The lowest BCUT2D eigenvalue weighted by atomic mass is 10.2. The van der Waals surface area contributed by atoms with Crippen LogP contribution in [-0.2, 0) is 4.74 Å². The van der Waals surface area contributed by atoms with Gasteiger partial charge < -0.3 is 10.1 Å².